The van der Waals surface area contributed by atoms with Crippen molar-refractivity contribution in [3.05, 3.63) is 119 Å². The van der Waals surface area contributed by atoms with Crippen molar-refractivity contribution in [3.8, 4) is 17.2 Å². The Hall–Kier alpha value is -4.00. The summed E-state index contributed by atoms with van der Waals surface area (Å²) in [6.07, 6.45) is 5.88. The lowest BCUT2D eigenvalue weighted by Gasteiger charge is -2.23. The second-order valence-corrected chi connectivity index (χ2v) is 9.55. The predicted octanol–water partition coefficient (Wildman–Crippen LogP) is 8.33. The molecule has 4 rings (SSSR count). The van der Waals surface area contributed by atoms with Gasteiger partial charge in [-0.05, 0) is 70.5 Å². The molecule has 0 heterocycles. The molecule has 0 fully saturated rings. The van der Waals surface area contributed by atoms with E-state index in [0.717, 1.165) is 43.6 Å². The molecular weight excluding hydrogens is 450 g/mol. The molecule has 0 N–H and O–H groups in total. The third kappa shape index (κ3) is 6.82. The van der Waals surface area contributed by atoms with Crippen LogP contribution in [0.2, 0.25) is 0 Å². The smallest absolute Gasteiger partial charge is 0.0998 e. The number of nitriles is 1. The van der Waals surface area contributed by atoms with E-state index >= 15 is 0 Å². The Kier molecular flexibility index (Phi) is 9.03. The molecule has 0 atom stereocenters. The first-order valence-corrected chi connectivity index (χ1v) is 13.1. The normalized spacial score (nSPS) is 11.9. The summed E-state index contributed by atoms with van der Waals surface area (Å²) in [6, 6.07) is 32.3. The van der Waals surface area contributed by atoms with Gasteiger partial charge in [0.25, 0.3) is 0 Å². The molecule has 4 aromatic rings. The van der Waals surface area contributed by atoms with Gasteiger partial charge in [0.15, 0.2) is 0 Å². The maximum Gasteiger partial charge on any atom is 0.0998 e. The van der Waals surface area contributed by atoms with Crippen LogP contribution in [-0.4, -0.2) is 17.7 Å². The molecule has 4 aromatic carbocycles. The maximum absolute atomic E-state index is 9.90. The topological polar surface area (TPSA) is 39.4 Å². The van der Waals surface area contributed by atoms with E-state index in [2.05, 4.69) is 116 Å². The van der Waals surface area contributed by atoms with Gasteiger partial charge >= 0.3 is 0 Å². The van der Waals surface area contributed by atoms with Crippen LogP contribution in [0.1, 0.15) is 49.4 Å². The van der Waals surface area contributed by atoms with E-state index in [1.807, 2.05) is 18.5 Å². The molecule has 0 aliphatic rings. The largest absolute Gasteiger partial charge is 0.291 e. The zero-order chi connectivity index (χ0) is 26.0. The van der Waals surface area contributed by atoms with Gasteiger partial charge in [0.2, 0.25) is 0 Å². The van der Waals surface area contributed by atoms with Crippen LogP contribution in [0.3, 0.4) is 0 Å². The molecule has 0 unspecified atom stereocenters. The highest BCUT2D eigenvalue weighted by Crippen LogP contribution is 2.32. The molecule has 0 aliphatic carbocycles. The maximum atomic E-state index is 9.90. The Morgan fingerprint density at radius 3 is 2.30 bits per heavy atom. The van der Waals surface area contributed by atoms with Gasteiger partial charge in [-0.2, -0.15) is 5.26 Å². The third-order valence-electron chi connectivity index (χ3n) is 6.58. The van der Waals surface area contributed by atoms with Crippen molar-refractivity contribution in [3.63, 3.8) is 0 Å². The number of hydrogen-bond donors (Lipinski definition) is 0. The van der Waals surface area contributed by atoms with Crippen molar-refractivity contribution in [1.82, 2.24) is 4.90 Å². The molecule has 0 bridgehead atoms. The van der Waals surface area contributed by atoms with Crippen LogP contribution in [0.4, 0.5) is 0 Å². The molecule has 0 radical (unpaired) electrons. The Morgan fingerprint density at radius 1 is 0.838 bits per heavy atom. The molecule has 37 heavy (non-hydrogen) atoms. The second kappa shape index (κ2) is 12.8. The fraction of sp³-hybridized carbons (Fsp3) is 0.235. The van der Waals surface area contributed by atoms with Crippen molar-refractivity contribution in [2.75, 3.05) is 6.54 Å². The summed E-state index contributed by atoms with van der Waals surface area (Å²) in [5, 5.41) is 12.2. The third-order valence-corrected chi connectivity index (χ3v) is 6.58. The molecule has 3 heteroatoms. The molecule has 0 saturated carbocycles. The minimum absolute atomic E-state index is 0.701. The van der Waals surface area contributed by atoms with Gasteiger partial charge in [-0.25, -0.2) is 0 Å². The highest BCUT2D eigenvalue weighted by molar-refractivity contribution is 5.97. The van der Waals surface area contributed by atoms with Crippen molar-refractivity contribution < 1.29 is 0 Å². The minimum atomic E-state index is 0.701. The summed E-state index contributed by atoms with van der Waals surface area (Å²) in [5.74, 6) is 0. The van der Waals surface area contributed by atoms with Crippen LogP contribution >= 0.6 is 0 Å². The van der Waals surface area contributed by atoms with Crippen molar-refractivity contribution >= 4 is 17.0 Å². The van der Waals surface area contributed by atoms with Gasteiger partial charge in [0, 0.05) is 37.6 Å². The van der Waals surface area contributed by atoms with Gasteiger partial charge in [-0.1, -0.05) is 86.6 Å². The Morgan fingerprint density at radius 2 is 1.54 bits per heavy atom. The van der Waals surface area contributed by atoms with E-state index in [1.165, 1.54) is 33.0 Å². The first-order chi connectivity index (χ1) is 18.1. The zero-order valence-corrected chi connectivity index (χ0v) is 22.1. The lowest BCUT2D eigenvalue weighted by molar-refractivity contribution is 0.279. The average Bonchev–Trinajstić information content (AvgIpc) is 2.93. The van der Waals surface area contributed by atoms with Crippen LogP contribution in [0.15, 0.2) is 102 Å². The van der Waals surface area contributed by atoms with E-state index in [-0.39, 0.29) is 0 Å². The van der Waals surface area contributed by atoms with Gasteiger partial charge in [0.05, 0.1) is 11.6 Å². The summed E-state index contributed by atoms with van der Waals surface area (Å²) in [7, 11) is 0. The number of benzene rings is 4. The van der Waals surface area contributed by atoms with Gasteiger partial charge in [-0.3, -0.25) is 9.89 Å². The predicted molar refractivity (Wildman–Crippen MR) is 157 cm³/mol. The van der Waals surface area contributed by atoms with Crippen LogP contribution in [0, 0.1) is 11.3 Å². The molecule has 186 valence electrons. The highest BCUT2D eigenvalue weighted by atomic mass is 15.1. The summed E-state index contributed by atoms with van der Waals surface area (Å²) in [6.45, 7) is 8.86. The lowest BCUT2D eigenvalue weighted by atomic mass is 9.93. The molecule has 0 saturated heterocycles. The van der Waals surface area contributed by atoms with Crippen LogP contribution in [-0.2, 0) is 19.5 Å². The van der Waals surface area contributed by atoms with Gasteiger partial charge < -0.3 is 0 Å². The fourth-order valence-electron chi connectivity index (χ4n) is 4.71. The van der Waals surface area contributed by atoms with Crippen molar-refractivity contribution in [2.24, 2.45) is 4.99 Å². The molecule has 3 nitrogen and oxygen atoms in total. The zero-order valence-electron chi connectivity index (χ0n) is 22.1. The number of fused-ring (bicyclic) bond motifs is 1. The SMILES string of the molecule is CCC=N/C=C(\C)CN(Cc1ccc(CC)cc1)Cc1ccc(C#N)c(-c2cccc3ccccc23)c1. The molecule has 0 aliphatic heterocycles. The number of aryl methyl sites for hydroxylation is 1. The lowest BCUT2D eigenvalue weighted by Crippen LogP contribution is -2.24. The Labute approximate surface area is 221 Å². The van der Waals surface area contributed by atoms with Crippen molar-refractivity contribution in [2.45, 2.75) is 46.7 Å². The molecule has 0 aromatic heterocycles. The summed E-state index contributed by atoms with van der Waals surface area (Å²) in [4.78, 5) is 6.88. The highest BCUT2D eigenvalue weighted by Gasteiger charge is 2.13. The van der Waals surface area contributed by atoms with E-state index in [9.17, 15) is 5.26 Å². The van der Waals surface area contributed by atoms with E-state index in [4.69, 9.17) is 0 Å². The van der Waals surface area contributed by atoms with Gasteiger partial charge in [-0.15, -0.1) is 0 Å². The summed E-state index contributed by atoms with van der Waals surface area (Å²) < 4.78 is 0. The second-order valence-electron chi connectivity index (χ2n) is 9.55. The van der Waals surface area contributed by atoms with Crippen LogP contribution < -0.4 is 0 Å². The van der Waals surface area contributed by atoms with Crippen LogP contribution in [0.5, 0.6) is 0 Å². The fourth-order valence-corrected chi connectivity index (χ4v) is 4.71. The molecule has 0 amide bonds. The van der Waals surface area contributed by atoms with Gasteiger partial charge in [0.1, 0.15) is 0 Å². The monoisotopic (exact) mass is 485 g/mol. The Balaban J connectivity index is 1.67. The number of rotatable bonds is 10. The summed E-state index contributed by atoms with van der Waals surface area (Å²) >= 11 is 0. The number of hydrogen-bond acceptors (Lipinski definition) is 3. The molecule has 0 spiro atoms. The molecular formula is C34H35N3. The number of nitrogens with zero attached hydrogens (tertiary/aromatic N) is 3. The average molecular weight is 486 g/mol. The standard InChI is InChI=1S/C34H35N3/c1-4-19-36-22-26(3)23-37(24-28-15-13-27(5-2)14-16-28)25-29-17-18-31(21-35)34(20-29)33-12-8-10-30-9-6-7-11-32(30)33/h6-20,22H,4-5,23-25H2,1-3H3/b26-22+,36-19?. The first-order valence-electron chi connectivity index (χ1n) is 13.1. The summed E-state index contributed by atoms with van der Waals surface area (Å²) in [5.41, 5.74) is 7.85. The van der Waals surface area contributed by atoms with E-state index in [1.54, 1.807) is 0 Å². The minimum Gasteiger partial charge on any atom is -0.291 e. The van der Waals surface area contributed by atoms with E-state index in [0.29, 0.717) is 5.56 Å². The van der Waals surface area contributed by atoms with Crippen LogP contribution in [0.25, 0.3) is 21.9 Å². The Bertz CT molecular complexity index is 1430. The first kappa shape index (κ1) is 26.1. The quantitative estimate of drug-likeness (QED) is 0.212. The number of aliphatic imine (C=N–C) groups is 1. The van der Waals surface area contributed by atoms with E-state index < -0.39 is 0 Å². The van der Waals surface area contributed by atoms with Crippen molar-refractivity contribution in [1.29, 1.82) is 5.26 Å².